The molecule has 0 saturated heterocycles. The quantitative estimate of drug-likeness (QED) is 0.900. The monoisotopic (exact) mass is 328 g/mol. The lowest BCUT2D eigenvalue weighted by Gasteiger charge is -2.17. The van der Waals surface area contributed by atoms with E-state index >= 15 is 0 Å². The van der Waals surface area contributed by atoms with E-state index in [0.29, 0.717) is 29.8 Å². The fourth-order valence-corrected chi connectivity index (χ4v) is 2.69. The van der Waals surface area contributed by atoms with Gasteiger partial charge in [0.05, 0.1) is 12.5 Å². The molecule has 0 atom stereocenters. The minimum atomic E-state index is -0.808. The van der Waals surface area contributed by atoms with E-state index < -0.39 is 11.5 Å². The van der Waals surface area contributed by atoms with Crippen molar-refractivity contribution in [2.45, 2.75) is 18.3 Å². The summed E-state index contributed by atoms with van der Waals surface area (Å²) in [6.45, 7) is 0. The van der Waals surface area contributed by atoms with Gasteiger partial charge in [-0.15, -0.1) is 0 Å². The van der Waals surface area contributed by atoms with E-state index in [-0.39, 0.29) is 11.7 Å². The Labute approximate surface area is 138 Å². The average Bonchev–Trinajstić information content (AvgIpc) is 3.37. The first kappa shape index (κ1) is 16.0. The number of halogens is 1. The Hall–Kier alpha value is -2.89. The second-order valence-electron chi connectivity index (χ2n) is 5.71. The summed E-state index contributed by atoms with van der Waals surface area (Å²) in [7, 11) is 1.27. The van der Waals surface area contributed by atoms with Crippen molar-refractivity contribution < 1.29 is 18.7 Å². The van der Waals surface area contributed by atoms with Crippen LogP contribution in [-0.4, -0.2) is 19.1 Å². The molecule has 0 aromatic heterocycles. The third-order valence-electron chi connectivity index (χ3n) is 4.13. The zero-order chi connectivity index (χ0) is 17.2. The van der Waals surface area contributed by atoms with E-state index in [2.05, 4.69) is 15.4 Å². The van der Waals surface area contributed by atoms with Crippen molar-refractivity contribution in [2.24, 2.45) is 0 Å². The molecule has 2 amide bonds. The van der Waals surface area contributed by atoms with Gasteiger partial charge in [0.15, 0.2) is 0 Å². The van der Waals surface area contributed by atoms with Gasteiger partial charge in [-0.1, -0.05) is 24.3 Å². The maximum atomic E-state index is 14.0. The van der Waals surface area contributed by atoms with Crippen LogP contribution in [0.2, 0.25) is 0 Å². The molecule has 124 valence electrons. The Bertz CT molecular complexity index is 787. The molecule has 0 radical (unpaired) electrons. The molecule has 0 bridgehead atoms. The number of amides is 2. The van der Waals surface area contributed by atoms with Gasteiger partial charge in [0.2, 0.25) is 5.91 Å². The van der Waals surface area contributed by atoms with E-state index in [9.17, 15) is 14.0 Å². The molecule has 5 nitrogen and oxygen atoms in total. The van der Waals surface area contributed by atoms with Crippen LogP contribution in [0.25, 0.3) is 0 Å². The highest BCUT2D eigenvalue weighted by atomic mass is 19.1. The van der Waals surface area contributed by atoms with Crippen LogP contribution in [0.4, 0.5) is 20.6 Å². The lowest BCUT2D eigenvalue weighted by Crippen LogP contribution is -2.28. The number of anilines is 2. The first-order valence-electron chi connectivity index (χ1n) is 7.57. The van der Waals surface area contributed by atoms with Crippen LogP contribution < -0.4 is 10.6 Å². The topological polar surface area (TPSA) is 67.4 Å². The Morgan fingerprint density at radius 3 is 2.33 bits per heavy atom. The van der Waals surface area contributed by atoms with Gasteiger partial charge in [0, 0.05) is 16.9 Å². The van der Waals surface area contributed by atoms with Crippen LogP contribution in [0.3, 0.4) is 0 Å². The van der Waals surface area contributed by atoms with E-state index in [1.165, 1.54) is 13.2 Å². The molecule has 6 heteroatoms. The Morgan fingerprint density at radius 1 is 1.04 bits per heavy atom. The lowest BCUT2D eigenvalue weighted by atomic mass is 9.94. The second-order valence-corrected chi connectivity index (χ2v) is 5.71. The molecule has 1 aliphatic rings. The molecule has 2 N–H and O–H groups in total. The highest BCUT2D eigenvalue weighted by molar-refractivity contribution is 6.02. The van der Waals surface area contributed by atoms with E-state index in [0.717, 1.165) is 0 Å². The van der Waals surface area contributed by atoms with Crippen LogP contribution in [-0.2, 0) is 14.9 Å². The fourth-order valence-electron chi connectivity index (χ4n) is 2.69. The zero-order valence-corrected chi connectivity index (χ0v) is 13.1. The lowest BCUT2D eigenvalue weighted by molar-refractivity contribution is -0.118. The molecule has 2 aromatic carbocycles. The maximum Gasteiger partial charge on any atom is 0.411 e. The van der Waals surface area contributed by atoms with Gasteiger partial charge >= 0.3 is 6.09 Å². The molecule has 0 heterocycles. The molecular weight excluding hydrogens is 311 g/mol. The number of carbonyl (C=O) groups excluding carboxylic acids is 2. The number of methoxy groups -OCH3 is 1. The normalized spacial score (nSPS) is 14.6. The molecule has 0 aliphatic heterocycles. The third kappa shape index (κ3) is 3.08. The van der Waals surface area contributed by atoms with Crippen molar-refractivity contribution in [1.29, 1.82) is 0 Å². The molecule has 1 saturated carbocycles. The summed E-state index contributed by atoms with van der Waals surface area (Å²) in [5.41, 5.74) is 0.634. The molecule has 0 unspecified atom stereocenters. The number of hydrogen-bond donors (Lipinski definition) is 2. The molecule has 0 spiro atoms. The number of rotatable bonds is 4. The first-order valence-corrected chi connectivity index (χ1v) is 7.57. The molecule has 3 rings (SSSR count). The van der Waals surface area contributed by atoms with Crippen molar-refractivity contribution in [2.75, 3.05) is 17.7 Å². The predicted molar refractivity (Wildman–Crippen MR) is 88.4 cm³/mol. The number of hydrogen-bond acceptors (Lipinski definition) is 3. The largest absolute Gasteiger partial charge is 0.453 e. The van der Waals surface area contributed by atoms with Crippen molar-refractivity contribution in [3.8, 4) is 0 Å². The summed E-state index contributed by atoms with van der Waals surface area (Å²) in [5.74, 6) is -0.617. The maximum absolute atomic E-state index is 14.0. The van der Waals surface area contributed by atoms with Crippen molar-refractivity contribution in [3.05, 3.63) is 59.9 Å². The molecule has 1 aliphatic carbocycles. The number of nitrogens with one attached hydrogen (secondary N) is 2. The summed E-state index contributed by atoms with van der Waals surface area (Å²) < 4.78 is 18.6. The highest BCUT2D eigenvalue weighted by Gasteiger charge is 2.52. The standard InChI is InChI=1S/C18H17FN2O3/c1-24-17(23)21-13-6-4-5-12(11-13)20-16(22)18(9-10-18)14-7-2-3-8-15(14)19/h2-8,11H,9-10H2,1H3,(H,20,22)(H,21,23). The average molecular weight is 328 g/mol. The molecule has 1 fully saturated rings. The van der Waals surface area contributed by atoms with E-state index in [1.54, 1.807) is 42.5 Å². The molecular formula is C18H17FN2O3. The van der Waals surface area contributed by atoms with Crippen LogP contribution in [0.5, 0.6) is 0 Å². The van der Waals surface area contributed by atoms with Crippen LogP contribution >= 0.6 is 0 Å². The Balaban J connectivity index is 1.77. The Morgan fingerprint density at radius 2 is 1.71 bits per heavy atom. The van der Waals surface area contributed by atoms with Crippen molar-refractivity contribution in [1.82, 2.24) is 0 Å². The molecule has 24 heavy (non-hydrogen) atoms. The zero-order valence-electron chi connectivity index (χ0n) is 13.1. The van der Waals surface area contributed by atoms with Gasteiger partial charge in [-0.2, -0.15) is 0 Å². The minimum absolute atomic E-state index is 0.247. The number of carbonyl (C=O) groups is 2. The summed E-state index contributed by atoms with van der Waals surface area (Å²) >= 11 is 0. The predicted octanol–water partition coefficient (Wildman–Crippen LogP) is 3.67. The van der Waals surface area contributed by atoms with Crippen LogP contribution in [0.15, 0.2) is 48.5 Å². The van der Waals surface area contributed by atoms with Crippen molar-refractivity contribution >= 4 is 23.4 Å². The minimum Gasteiger partial charge on any atom is -0.453 e. The van der Waals surface area contributed by atoms with Gasteiger partial charge in [0.1, 0.15) is 5.82 Å². The fraction of sp³-hybridized carbons (Fsp3) is 0.222. The Kier molecular flexibility index (Phi) is 4.20. The third-order valence-corrected chi connectivity index (χ3v) is 4.13. The van der Waals surface area contributed by atoms with Crippen LogP contribution in [0.1, 0.15) is 18.4 Å². The summed E-state index contributed by atoms with van der Waals surface area (Å²) in [6, 6.07) is 13.0. The number of benzene rings is 2. The van der Waals surface area contributed by atoms with Gasteiger partial charge in [-0.05, 0) is 37.1 Å². The van der Waals surface area contributed by atoms with E-state index in [4.69, 9.17) is 0 Å². The van der Waals surface area contributed by atoms with Gasteiger partial charge in [0.25, 0.3) is 0 Å². The van der Waals surface area contributed by atoms with Crippen molar-refractivity contribution in [3.63, 3.8) is 0 Å². The number of ether oxygens (including phenoxy) is 1. The van der Waals surface area contributed by atoms with Gasteiger partial charge in [-0.25, -0.2) is 9.18 Å². The summed E-state index contributed by atoms with van der Waals surface area (Å²) in [5, 5.41) is 5.33. The molecule has 2 aromatic rings. The van der Waals surface area contributed by atoms with Crippen LogP contribution in [0, 0.1) is 5.82 Å². The summed E-state index contributed by atoms with van der Waals surface area (Å²) in [6.07, 6.45) is 0.628. The van der Waals surface area contributed by atoms with Gasteiger partial charge in [-0.3, -0.25) is 10.1 Å². The summed E-state index contributed by atoms with van der Waals surface area (Å²) in [4.78, 5) is 23.9. The second kappa shape index (κ2) is 6.31. The van der Waals surface area contributed by atoms with Gasteiger partial charge < -0.3 is 10.1 Å². The highest BCUT2D eigenvalue weighted by Crippen LogP contribution is 2.49. The SMILES string of the molecule is COC(=O)Nc1cccc(NC(=O)C2(c3ccccc3F)CC2)c1. The first-order chi connectivity index (χ1) is 11.5. The van der Waals surface area contributed by atoms with E-state index in [1.807, 2.05) is 0 Å². The smallest absolute Gasteiger partial charge is 0.411 e.